The SMILES string of the molecule is Cc1ccccc1Cn1c(SCc2ccc(C(=O)NC3CCCCCC3)cc2)nc2ccncc21. The van der Waals surface area contributed by atoms with E-state index in [2.05, 4.69) is 58.2 Å². The molecule has 0 unspecified atom stereocenters. The third-order valence-corrected chi connectivity index (χ3v) is 7.93. The summed E-state index contributed by atoms with van der Waals surface area (Å²) >= 11 is 1.72. The van der Waals surface area contributed by atoms with E-state index in [1.165, 1.54) is 42.4 Å². The Bertz CT molecular complexity index is 1290. The van der Waals surface area contributed by atoms with Crippen LogP contribution in [0.15, 0.2) is 72.1 Å². The van der Waals surface area contributed by atoms with Crippen molar-refractivity contribution in [2.24, 2.45) is 0 Å². The van der Waals surface area contributed by atoms with Crippen molar-refractivity contribution in [3.05, 3.63) is 89.2 Å². The number of hydrogen-bond donors (Lipinski definition) is 1. The number of aryl methyl sites for hydroxylation is 1. The Kier molecular flexibility index (Phi) is 7.48. The summed E-state index contributed by atoms with van der Waals surface area (Å²) in [4.78, 5) is 22.0. The number of pyridine rings is 1. The van der Waals surface area contributed by atoms with Crippen LogP contribution in [0.25, 0.3) is 11.0 Å². The highest BCUT2D eigenvalue weighted by atomic mass is 32.2. The zero-order valence-electron chi connectivity index (χ0n) is 20.2. The molecule has 5 nitrogen and oxygen atoms in total. The zero-order chi connectivity index (χ0) is 24.0. The molecule has 0 spiro atoms. The first kappa shape index (κ1) is 23.6. The number of amides is 1. The molecule has 1 aliphatic rings. The van der Waals surface area contributed by atoms with Crippen LogP contribution in [-0.2, 0) is 12.3 Å². The number of aromatic nitrogens is 3. The predicted octanol–water partition coefficient (Wildman–Crippen LogP) is 6.53. The van der Waals surface area contributed by atoms with Gasteiger partial charge < -0.3 is 9.88 Å². The van der Waals surface area contributed by atoms with Crippen LogP contribution in [-0.4, -0.2) is 26.5 Å². The summed E-state index contributed by atoms with van der Waals surface area (Å²) < 4.78 is 2.25. The molecule has 1 fully saturated rings. The molecule has 2 aromatic carbocycles. The normalized spacial score (nSPS) is 14.7. The highest BCUT2D eigenvalue weighted by molar-refractivity contribution is 7.98. The van der Waals surface area contributed by atoms with Crippen LogP contribution in [0.2, 0.25) is 0 Å². The molecule has 6 heteroatoms. The van der Waals surface area contributed by atoms with Crippen molar-refractivity contribution in [2.45, 2.75) is 68.9 Å². The molecular weight excluding hydrogens is 452 g/mol. The van der Waals surface area contributed by atoms with Gasteiger partial charge in [0.15, 0.2) is 5.16 Å². The number of carbonyl (C=O) groups is 1. The fraction of sp³-hybridized carbons (Fsp3) is 0.345. The maximum absolute atomic E-state index is 12.7. The number of imidazole rings is 1. The molecule has 1 N–H and O–H groups in total. The van der Waals surface area contributed by atoms with Gasteiger partial charge in [-0.25, -0.2) is 4.98 Å². The van der Waals surface area contributed by atoms with Crippen LogP contribution >= 0.6 is 11.8 Å². The Hall–Kier alpha value is -3.12. The number of carbonyl (C=O) groups excluding carboxylic acids is 1. The molecule has 1 aliphatic carbocycles. The maximum atomic E-state index is 12.7. The minimum atomic E-state index is 0.0450. The minimum absolute atomic E-state index is 0.0450. The Morgan fingerprint density at radius 1 is 1.03 bits per heavy atom. The molecule has 1 saturated carbocycles. The number of rotatable bonds is 7. The van der Waals surface area contributed by atoms with Gasteiger partial charge in [-0.2, -0.15) is 0 Å². The van der Waals surface area contributed by atoms with Crippen molar-refractivity contribution in [3.8, 4) is 0 Å². The van der Waals surface area contributed by atoms with Crippen LogP contribution in [0.3, 0.4) is 0 Å². The van der Waals surface area contributed by atoms with Gasteiger partial charge in [-0.3, -0.25) is 9.78 Å². The van der Waals surface area contributed by atoms with E-state index in [0.29, 0.717) is 6.04 Å². The molecule has 2 heterocycles. The standard InChI is InChI=1S/C29H32N4OS/c1-21-8-6-7-9-24(21)19-33-27-18-30-17-16-26(27)32-29(33)35-20-22-12-14-23(15-13-22)28(34)31-25-10-4-2-3-5-11-25/h6-9,12-18,25H,2-5,10-11,19-20H2,1H3,(H,31,34). The molecule has 35 heavy (non-hydrogen) atoms. The van der Waals surface area contributed by atoms with E-state index < -0.39 is 0 Å². The van der Waals surface area contributed by atoms with E-state index in [1.807, 2.05) is 24.4 Å². The third-order valence-electron chi connectivity index (χ3n) is 6.88. The average Bonchev–Trinajstić information content (AvgIpc) is 3.02. The van der Waals surface area contributed by atoms with Crippen LogP contribution < -0.4 is 5.32 Å². The van der Waals surface area contributed by atoms with Crippen molar-refractivity contribution in [2.75, 3.05) is 0 Å². The van der Waals surface area contributed by atoms with Gasteiger partial charge in [0.1, 0.15) is 0 Å². The zero-order valence-corrected chi connectivity index (χ0v) is 21.1. The van der Waals surface area contributed by atoms with E-state index in [4.69, 9.17) is 4.98 Å². The fourth-order valence-corrected chi connectivity index (χ4v) is 5.73. The first-order valence-electron chi connectivity index (χ1n) is 12.5. The van der Waals surface area contributed by atoms with E-state index in [9.17, 15) is 4.79 Å². The Morgan fingerprint density at radius 2 is 1.80 bits per heavy atom. The summed E-state index contributed by atoms with van der Waals surface area (Å²) in [5.41, 5.74) is 6.47. The molecule has 0 atom stereocenters. The first-order valence-corrected chi connectivity index (χ1v) is 13.5. The summed E-state index contributed by atoms with van der Waals surface area (Å²) in [6.07, 6.45) is 10.9. The largest absolute Gasteiger partial charge is 0.349 e. The molecule has 2 aromatic heterocycles. The van der Waals surface area contributed by atoms with E-state index in [-0.39, 0.29) is 5.91 Å². The number of nitrogens with one attached hydrogen (secondary N) is 1. The molecule has 180 valence electrons. The molecule has 0 radical (unpaired) electrons. The summed E-state index contributed by atoms with van der Waals surface area (Å²) in [5.74, 6) is 0.832. The smallest absolute Gasteiger partial charge is 0.251 e. The highest BCUT2D eigenvalue weighted by Crippen LogP contribution is 2.28. The van der Waals surface area contributed by atoms with Crippen molar-refractivity contribution in [3.63, 3.8) is 0 Å². The van der Waals surface area contributed by atoms with Crippen LogP contribution in [0.5, 0.6) is 0 Å². The first-order chi connectivity index (χ1) is 17.2. The molecular formula is C29H32N4OS. The maximum Gasteiger partial charge on any atom is 0.251 e. The molecule has 0 bridgehead atoms. The highest BCUT2D eigenvalue weighted by Gasteiger charge is 2.16. The number of nitrogens with zero attached hydrogens (tertiary/aromatic N) is 3. The lowest BCUT2D eigenvalue weighted by atomic mass is 10.1. The average molecular weight is 485 g/mol. The summed E-state index contributed by atoms with van der Waals surface area (Å²) in [6.45, 7) is 2.91. The lowest BCUT2D eigenvalue weighted by Gasteiger charge is -2.16. The van der Waals surface area contributed by atoms with Gasteiger partial charge in [0.2, 0.25) is 0 Å². The number of fused-ring (bicyclic) bond motifs is 1. The van der Waals surface area contributed by atoms with Crippen LogP contribution in [0.4, 0.5) is 0 Å². The van der Waals surface area contributed by atoms with Gasteiger partial charge in [-0.1, -0.05) is 73.8 Å². The molecule has 4 aromatic rings. The van der Waals surface area contributed by atoms with Gasteiger partial charge in [0.05, 0.1) is 23.8 Å². The Balaban J connectivity index is 1.28. The number of hydrogen-bond acceptors (Lipinski definition) is 4. The lowest BCUT2D eigenvalue weighted by Crippen LogP contribution is -2.34. The van der Waals surface area contributed by atoms with Gasteiger partial charge in [-0.15, -0.1) is 0 Å². The minimum Gasteiger partial charge on any atom is -0.349 e. The van der Waals surface area contributed by atoms with Crippen molar-refractivity contribution in [1.29, 1.82) is 0 Å². The Labute approximate surface area is 211 Å². The van der Waals surface area contributed by atoms with E-state index >= 15 is 0 Å². The summed E-state index contributed by atoms with van der Waals surface area (Å²) in [5, 5.41) is 4.22. The molecule has 5 rings (SSSR count). The second-order valence-corrected chi connectivity index (χ2v) is 10.4. The van der Waals surface area contributed by atoms with E-state index in [1.54, 1.807) is 18.0 Å². The number of benzene rings is 2. The summed E-state index contributed by atoms with van der Waals surface area (Å²) in [7, 11) is 0. The van der Waals surface area contributed by atoms with Gasteiger partial charge in [0.25, 0.3) is 5.91 Å². The van der Waals surface area contributed by atoms with Crippen molar-refractivity contribution in [1.82, 2.24) is 19.9 Å². The topological polar surface area (TPSA) is 59.8 Å². The van der Waals surface area contributed by atoms with Crippen molar-refractivity contribution < 1.29 is 4.79 Å². The fourth-order valence-electron chi connectivity index (χ4n) is 4.76. The summed E-state index contributed by atoms with van der Waals surface area (Å²) in [6, 6.07) is 18.8. The van der Waals surface area contributed by atoms with Crippen LogP contribution in [0, 0.1) is 6.92 Å². The molecule has 1 amide bonds. The van der Waals surface area contributed by atoms with E-state index in [0.717, 1.165) is 46.9 Å². The van der Waals surface area contributed by atoms with Gasteiger partial charge in [-0.05, 0) is 54.7 Å². The second-order valence-electron chi connectivity index (χ2n) is 9.42. The third kappa shape index (κ3) is 5.76. The molecule has 0 aliphatic heterocycles. The monoisotopic (exact) mass is 484 g/mol. The predicted molar refractivity (Wildman–Crippen MR) is 143 cm³/mol. The lowest BCUT2D eigenvalue weighted by molar-refractivity contribution is 0.0933. The quantitative estimate of drug-likeness (QED) is 0.239. The van der Waals surface area contributed by atoms with Gasteiger partial charge in [0, 0.05) is 23.6 Å². The van der Waals surface area contributed by atoms with Crippen molar-refractivity contribution >= 4 is 28.7 Å². The van der Waals surface area contributed by atoms with Crippen LogP contribution in [0.1, 0.15) is 65.6 Å². The Morgan fingerprint density at radius 3 is 2.57 bits per heavy atom. The molecule has 0 saturated heterocycles. The number of thioether (sulfide) groups is 1. The second kappa shape index (κ2) is 11.1. The van der Waals surface area contributed by atoms with Gasteiger partial charge >= 0.3 is 0 Å².